The third-order valence-corrected chi connectivity index (χ3v) is 2.20. The fraction of sp³-hybridized carbons (Fsp3) is 0.500. The molecule has 0 atom stereocenters. The molecule has 0 fully saturated rings. The zero-order valence-corrected chi connectivity index (χ0v) is 9.92. The van der Waals surface area contributed by atoms with Crippen LogP contribution in [0.1, 0.15) is 12.0 Å². The molecule has 17 heavy (non-hydrogen) atoms. The minimum atomic E-state index is -4.62. The molecule has 2 nitrogen and oxygen atoms in total. The van der Waals surface area contributed by atoms with Crippen molar-refractivity contribution in [2.24, 2.45) is 0 Å². The standard InChI is InChI=1S/C12H16F3NO/c1-16(2)8-4-6-10-5-3-7-11(9-10)17-12(13,14)15/h3,5,7,9H,4,6,8H2,1-2H3. The Morgan fingerprint density at radius 2 is 1.94 bits per heavy atom. The normalized spacial score (nSPS) is 11.9. The van der Waals surface area contributed by atoms with Crippen LogP contribution in [0.25, 0.3) is 0 Å². The molecule has 0 unspecified atom stereocenters. The van der Waals surface area contributed by atoms with Gasteiger partial charge in [0.05, 0.1) is 0 Å². The summed E-state index contributed by atoms with van der Waals surface area (Å²) < 4.78 is 39.9. The molecule has 0 radical (unpaired) electrons. The van der Waals surface area contributed by atoms with Crippen LogP contribution in [0.2, 0.25) is 0 Å². The van der Waals surface area contributed by atoms with E-state index in [1.54, 1.807) is 12.1 Å². The fourth-order valence-electron chi connectivity index (χ4n) is 1.50. The van der Waals surface area contributed by atoms with Crippen LogP contribution in [0.3, 0.4) is 0 Å². The molecule has 0 aliphatic heterocycles. The molecule has 0 aliphatic rings. The lowest BCUT2D eigenvalue weighted by molar-refractivity contribution is -0.274. The maximum Gasteiger partial charge on any atom is 0.573 e. The minimum absolute atomic E-state index is 0.153. The van der Waals surface area contributed by atoms with Gasteiger partial charge in [0, 0.05) is 0 Å². The van der Waals surface area contributed by atoms with Gasteiger partial charge in [-0.25, -0.2) is 0 Å². The van der Waals surface area contributed by atoms with E-state index in [4.69, 9.17) is 0 Å². The number of nitrogens with zero attached hydrogens (tertiary/aromatic N) is 1. The predicted octanol–water partition coefficient (Wildman–Crippen LogP) is 3.08. The highest BCUT2D eigenvalue weighted by atomic mass is 19.4. The van der Waals surface area contributed by atoms with E-state index in [2.05, 4.69) is 4.74 Å². The van der Waals surface area contributed by atoms with Gasteiger partial charge in [0.15, 0.2) is 0 Å². The van der Waals surface area contributed by atoms with Crippen LogP contribution in [0.15, 0.2) is 24.3 Å². The summed E-state index contributed by atoms with van der Waals surface area (Å²) in [5.41, 5.74) is 0.855. The first kappa shape index (κ1) is 13.8. The summed E-state index contributed by atoms with van der Waals surface area (Å²) in [7, 11) is 3.92. The smallest absolute Gasteiger partial charge is 0.406 e. The molecule has 0 saturated carbocycles. The zero-order valence-electron chi connectivity index (χ0n) is 9.92. The third kappa shape index (κ3) is 6.16. The Hall–Kier alpha value is -1.23. The average molecular weight is 247 g/mol. The van der Waals surface area contributed by atoms with E-state index in [0.29, 0.717) is 0 Å². The second kappa shape index (κ2) is 5.91. The number of rotatable bonds is 5. The van der Waals surface area contributed by atoms with E-state index >= 15 is 0 Å². The average Bonchev–Trinajstić information content (AvgIpc) is 2.14. The van der Waals surface area contributed by atoms with Gasteiger partial charge in [-0.1, -0.05) is 12.1 Å². The van der Waals surface area contributed by atoms with Gasteiger partial charge in [0.25, 0.3) is 0 Å². The minimum Gasteiger partial charge on any atom is -0.406 e. The van der Waals surface area contributed by atoms with E-state index < -0.39 is 6.36 Å². The molecule has 0 aromatic heterocycles. The SMILES string of the molecule is CN(C)CCCc1cccc(OC(F)(F)F)c1. The van der Waals surface area contributed by atoms with Gasteiger partial charge >= 0.3 is 6.36 Å². The summed E-state index contributed by atoms with van der Waals surface area (Å²) in [6.07, 6.45) is -2.97. The molecule has 1 aromatic rings. The summed E-state index contributed by atoms with van der Waals surface area (Å²) in [6.45, 7) is 0.907. The molecule has 96 valence electrons. The van der Waals surface area contributed by atoms with Crippen molar-refractivity contribution < 1.29 is 17.9 Å². The first-order valence-corrected chi connectivity index (χ1v) is 5.36. The summed E-state index contributed by atoms with van der Waals surface area (Å²) in [5, 5.41) is 0. The Morgan fingerprint density at radius 3 is 2.53 bits per heavy atom. The van der Waals surface area contributed by atoms with Crippen LogP contribution < -0.4 is 4.74 Å². The lowest BCUT2D eigenvalue weighted by Crippen LogP contribution is -2.17. The van der Waals surface area contributed by atoms with Crippen LogP contribution in [0.5, 0.6) is 5.75 Å². The molecule has 1 aromatic carbocycles. The van der Waals surface area contributed by atoms with Gasteiger partial charge in [0.2, 0.25) is 0 Å². The molecule has 0 N–H and O–H groups in total. The van der Waals surface area contributed by atoms with Gasteiger partial charge in [-0.3, -0.25) is 0 Å². The van der Waals surface area contributed by atoms with Gasteiger partial charge in [-0.05, 0) is 51.2 Å². The zero-order chi connectivity index (χ0) is 12.9. The van der Waals surface area contributed by atoms with Crippen molar-refractivity contribution in [3.8, 4) is 5.75 Å². The third-order valence-electron chi connectivity index (χ3n) is 2.20. The topological polar surface area (TPSA) is 12.5 Å². The Bertz CT molecular complexity index is 350. The summed E-state index contributed by atoms with van der Waals surface area (Å²) >= 11 is 0. The van der Waals surface area contributed by atoms with E-state index in [9.17, 15) is 13.2 Å². The van der Waals surface area contributed by atoms with Gasteiger partial charge in [0.1, 0.15) is 5.75 Å². The van der Waals surface area contributed by atoms with Crippen molar-refractivity contribution in [1.82, 2.24) is 4.90 Å². The number of benzene rings is 1. The van der Waals surface area contributed by atoms with Crippen LogP contribution in [-0.4, -0.2) is 31.9 Å². The van der Waals surface area contributed by atoms with Crippen molar-refractivity contribution in [2.45, 2.75) is 19.2 Å². The van der Waals surface area contributed by atoms with Crippen molar-refractivity contribution in [3.63, 3.8) is 0 Å². The Morgan fingerprint density at radius 1 is 1.24 bits per heavy atom. The van der Waals surface area contributed by atoms with E-state index in [1.165, 1.54) is 12.1 Å². The second-order valence-corrected chi connectivity index (χ2v) is 4.10. The largest absolute Gasteiger partial charge is 0.573 e. The Labute approximate surface area is 99.0 Å². The highest BCUT2D eigenvalue weighted by Gasteiger charge is 2.30. The molecular formula is C12H16F3NO. The monoisotopic (exact) mass is 247 g/mol. The van der Waals surface area contributed by atoms with E-state index in [0.717, 1.165) is 24.9 Å². The number of halogens is 3. The van der Waals surface area contributed by atoms with Crippen LogP contribution >= 0.6 is 0 Å². The molecule has 0 amide bonds. The van der Waals surface area contributed by atoms with Crippen molar-refractivity contribution in [2.75, 3.05) is 20.6 Å². The Kier molecular flexibility index (Phi) is 4.81. The molecule has 1 rings (SSSR count). The van der Waals surface area contributed by atoms with Gasteiger partial charge < -0.3 is 9.64 Å². The molecular weight excluding hydrogens is 231 g/mol. The number of aryl methyl sites for hydroxylation is 1. The van der Waals surface area contributed by atoms with Crippen molar-refractivity contribution >= 4 is 0 Å². The van der Waals surface area contributed by atoms with Gasteiger partial charge in [-0.2, -0.15) is 0 Å². The maximum absolute atomic E-state index is 12.0. The van der Waals surface area contributed by atoms with Crippen LogP contribution in [0, 0.1) is 0 Å². The molecule has 0 saturated heterocycles. The van der Waals surface area contributed by atoms with Crippen LogP contribution in [-0.2, 0) is 6.42 Å². The maximum atomic E-state index is 12.0. The number of hydrogen-bond acceptors (Lipinski definition) is 2. The lowest BCUT2D eigenvalue weighted by atomic mass is 10.1. The van der Waals surface area contributed by atoms with Crippen molar-refractivity contribution in [3.05, 3.63) is 29.8 Å². The number of ether oxygens (including phenoxy) is 1. The first-order chi connectivity index (χ1) is 7.87. The summed E-state index contributed by atoms with van der Waals surface area (Å²) in [6, 6.07) is 6.12. The van der Waals surface area contributed by atoms with Crippen LogP contribution in [0.4, 0.5) is 13.2 Å². The summed E-state index contributed by atoms with van der Waals surface area (Å²) in [5.74, 6) is -0.153. The van der Waals surface area contributed by atoms with Crippen molar-refractivity contribution in [1.29, 1.82) is 0 Å². The molecule has 0 bridgehead atoms. The van der Waals surface area contributed by atoms with E-state index in [1.807, 2.05) is 19.0 Å². The number of hydrogen-bond donors (Lipinski definition) is 0. The quantitative estimate of drug-likeness (QED) is 0.792. The lowest BCUT2D eigenvalue weighted by Gasteiger charge is -2.11. The molecule has 0 spiro atoms. The summed E-state index contributed by atoms with van der Waals surface area (Å²) in [4.78, 5) is 2.04. The molecule has 5 heteroatoms. The Balaban J connectivity index is 2.54. The highest BCUT2D eigenvalue weighted by molar-refractivity contribution is 5.28. The fourth-order valence-corrected chi connectivity index (χ4v) is 1.50. The van der Waals surface area contributed by atoms with E-state index in [-0.39, 0.29) is 5.75 Å². The van der Waals surface area contributed by atoms with Gasteiger partial charge in [-0.15, -0.1) is 13.2 Å². The molecule has 0 heterocycles. The highest BCUT2D eigenvalue weighted by Crippen LogP contribution is 2.23. The number of alkyl halides is 3. The molecule has 0 aliphatic carbocycles. The first-order valence-electron chi connectivity index (χ1n) is 5.36. The second-order valence-electron chi connectivity index (χ2n) is 4.10. The predicted molar refractivity (Wildman–Crippen MR) is 60.0 cm³/mol.